The summed E-state index contributed by atoms with van der Waals surface area (Å²) in [6.45, 7) is 2.16. The first-order chi connectivity index (χ1) is 14.9. The van der Waals surface area contributed by atoms with Gasteiger partial charge in [0.15, 0.2) is 0 Å². The van der Waals surface area contributed by atoms with Crippen LogP contribution in [-0.4, -0.2) is 38.9 Å². The van der Waals surface area contributed by atoms with E-state index in [0.29, 0.717) is 11.3 Å². The highest BCUT2D eigenvalue weighted by Gasteiger charge is 2.44. The molecule has 0 bridgehead atoms. The second-order valence-corrected chi connectivity index (χ2v) is 10.7. The molecule has 1 aromatic heterocycles. The molecule has 1 fully saturated rings. The Morgan fingerprint density at radius 1 is 1.29 bits per heavy atom. The molecule has 3 rings (SSSR count). The van der Waals surface area contributed by atoms with Crippen LogP contribution in [0.3, 0.4) is 0 Å². The Kier molecular flexibility index (Phi) is 9.20. The van der Waals surface area contributed by atoms with Gasteiger partial charge in [-0.1, -0.05) is 44.4 Å². The minimum absolute atomic E-state index is 0.0462. The van der Waals surface area contributed by atoms with Gasteiger partial charge < -0.3 is 15.3 Å². The minimum atomic E-state index is -0.874. The summed E-state index contributed by atoms with van der Waals surface area (Å²) in [5, 5.41) is 30.5. The SMILES string of the molecule is CCCCCC(O)C1=CC(C2[C@H](O)C[C@@H](Cl)[C@@H]2CCCc2ccc(C(=O)O)s2)CC=C1. The molecule has 0 amide bonds. The van der Waals surface area contributed by atoms with Gasteiger partial charge in [-0.3, -0.25) is 0 Å². The fourth-order valence-corrected chi connectivity index (χ4v) is 6.55. The van der Waals surface area contributed by atoms with Crippen molar-refractivity contribution >= 4 is 28.9 Å². The monoisotopic (exact) mass is 466 g/mol. The highest BCUT2D eigenvalue weighted by Crippen LogP contribution is 2.46. The van der Waals surface area contributed by atoms with Crippen LogP contribution in [-0.2, 0) is 6.42 Å². The Hall–Kier alpha value is -1.14. The molecule has 0 aliphatic heterocycles. The Labute approximate surface area is 194 Å². The van der Waals surface area contributed by atoms with Crippen LogP contribution in [0.5, 0.6) is 0 Å². The summed E-state index contributed by atoms with van der Waals surface area (Å²) >= 11 is 8.01. The van der Waals surface area contributed by atoms with Gasteiger partial charge in [-0.25, -0.2) is 4.79 Å². The molecule has 2 aliphatic carbocycles. The van der Waals surface area contributed by atoms with E-state index >= 15 is 0 Å². The summed E-state index contributed by atoms with van der Waals surface area (Å²) in [5.41, 5.74) is 0.983. The van der Waals surface area contributed by atoms with E-state index in [2.05, 4.69) is 19.1 Å². The Bertz CT molecular complexity index is 786. The van der Waals surface area contributed by atoms with Crippen molar-refractivity contribution in [3.8, 4) is 0 Å². The lowest BCUT2D eigenvalue weighted by atomic mass is 9.75. The Balaban J connectivity index is 1.61. The van der Waals surface area contributed by atoms with Gasteiger partial charge >= 0.3 is 5.97 Å². The van der Waals surface area contributed by atoms with E-state index in [1.54, 1.807) is 6.07 Å². The molecule has 172 valence electrons. The summed E-state index contributed by atoms with van der Waals surface area (Å²) in [6.07, 6.45) is 13.8. The summed E-state index contributed by atoms with van der Waals surface area (Å²) in [4.78, 5) is 12.5. The summed E-state index contributed by atoms with van der Waals surface area (Å²) in [6, 6.07) is 3.56. The average Bonchev–Trinajstić information content (AvgIpc) is 3.33. The first kappa shape index (κ1) is 24.5. The molecular formula is C25H35ClO4S. The standard InChI is InChI=1S/C25H35ClO4S/c1-2-3-4-11-21(27)16-7-5-8-17(14-16)24-19(20(26)15-22(24)28)10-6-9-18-12-13-23(31-18)25(29)30/h5,7,12-14,17,19-22,24,27-28H,2-4,6,8-11,15H2,1H3,(H,29,30)/t17?,19-,20+,21?,22+,24?/m0/s1. The van der Waals surface area contributed by atoms with Crippen LogP contribution in [0.4, 0.5) is 0 Å². The number of unbranched alkanes of at least 4 members (excludes halogenated alkanes) is 2. The number of allylic oxidation sites excluding steroid dienone is 2. The first-order valence-electron chi connectivity index (χ1n) is 11.6. The molecule has 1 heterocycles. The number of thiophene rings is 1. The van der Waals surface area contributed by atoms with Gasteiger partial charge in [-0.15, -0.1) is 22.9 Å². The Morgan fingerprint density at radius 3 is 2.81 bits per heavy atom. The topological polar surface area (TPSA) is 77.8 Å². The number of carboxylic acids is 1. The number of hydrogen-bond acceptors (Lipinski definition) is 4. The third-order valence-corrected chi connectivity index (χ3v) is 8.42. The number of carbonyl (C=O) groups is 1. The molecule has 0 saturated heterocycles. The number of aliphatic hydroxyl groups is 2. The molecule has 31 heavy (non-hydrogen) atoms. The molecule has 6 heteroatoms. The summed E-state index contributed by atoms with van der Waals surface area (Å²) in [7, 11) is 0. The minimum Gasteiger partial charge on any atom is -0.477 e. The van der Waals surface area contributed by atoms with Gasteiger partial charge in [0.2, 0.25) is 0 Å². The number of aryl methyl sites for hydroxylation is 1. The van der Waals surface area contributed by atoms with Crippen molar-refractivity contribution in [3.05, 3.63) is 45.7 Å². The van der Waals surface area contributed by atoms with Crippen molar-refractivity contribution in [3.63, 3.8) is 0 Å². The van der Waals surface area contributed by atoms with Crippen molar-refractivity contribution in [1.29, 1.82) is 0 Å². The highest BCUT2D eigenvalue weighted by atomic mass is 35.5. The zero-order valence-electron chi connectivity index (χ0n) is 18.3. The first-order valence-corrected chi connectivity index (χ1v) is 12.9. The predicted molar refractivity (Wildman–Crippen MR) is 127 cm³/mol. The molecule has 0 aromatic carbocycles. The number of alkyl halides is 1. The quantitative estimate of drug-likeness (QED) is 0.283. The smallest absolute Gasteiger partial charge is 0.345 e. The van der Waals surface area contributed by atoms with Crippen molar-refractivity contribution in [2.24, 2.45) is 17.8 Å². The van der Waals surface area contributed by atoms with E-state index in [4.69, 9.17) is 16.7 Å². The van der Waals surface area contributed by atoms with Gasteiger partial charge in [-0.05, 0) is 74.0 Å². The largest absolute Gasteiger partial charge is 0.477 e. The van der Waals surface area contributed by atoms with E-state index in [1.165, 1.54) is 11.3 Å². The lowest BCUT2D eigenvalue weighted by molar-refractivity contribution is 0.0702. The highest BCUT2D eigenvalue weighted by molar-refractivity contribution is 7.13. The molecule has 3 unspecified atom stereocenters. The van der Waals surface area contributed by atoms with Crippen molar-refractivity contribution in [2.45, 2.75) is 82.3 Å². The van der Waals surface area contributed by atoms with E-state index in [9.17, 15) is 15.0 Å². The normalized spacial score (nSPS) is 29.2. The average molecular weight is 467 g/mol. The lowest BCUT2D eigenvalue weighted by Crippen LogP contribution is -2.29. The third-order valence-electron chi connectivity index (χ3n) is 6.79. The van der Waals surface area contributed by atoms with Gasteiger partial charge in [0, 0.05) is 10.3 Å². The number of rotatable bonds is 11. The zero-order chi connectivity index (χ0) is 22.4. The number of halogens is 1. The molecule has 2 aliphatic rings. The van der Waals surface area contributed by atoms with Crippen LogP contribution in [0.2, 0.25) is 0 Å². The Morgan fingerprint density at radius 2 is 2.10 bits per heavy atom. The predicted octanol–water partition coefficient (Wildman–Crippen LogP) is 5.82. The zero-order valence-corrected chi connectivity index (χ0v) is 19.8. The lowest BCUT2D eigenvalue weighted by Gasteiger charge is -2.32. The van der Waals surface area contributed by atoms with Crippen LogP contribution >= 0.6 is 22.9 Å². The van der Waals surface area contributed by atoms with Gasteiger partial charge in [0.05, 0.1) is 12.2 Å². The van der Waals surface area contributed by atoms with Crippen molar-refractivity contribution in [2.75, 3.05) is 0 Å². The maximum atomic E-state index is 11.1. The second-order valence-electron chi connectivity index (χ2n) is 9.00. The number of aliphatic hydroxyl groups excluding tert-OH is 2. The molecule has 1 saturated carbocycles. The maximum absolute atomic E-state index is 11.1. The number of hydrogen-bond donors (Lipinski definition) is 3. The fourth-order valence-electron chi connectivity index (χ4n) is 5.18. The van der Waals surface area contributed by atoms with Crippen LogP contribution < -0.4 is 0 Å². The van der Waals surface area contributed by atoms with E-state index in [0.717, 1.165) is 61.8 Å². The van der Waals surface area contributed by atoms with Crippen LogP contribution in [0.15, 0.2) is 35.9 Å². The van der Waals surface area contributed by atoms with Gasteiger partial charge in [-0.2, -0.15) is 0 Å². The van der Waals surface area contributed by atoms with E-state index < -0.39 is 18.2 Å². The molecule has 6 atom stereocenters. The molecule has 3 N–H and O–H groups in total. The van der Waals surface area contributed by atoms with Crippen LogP contribution in [0.25, 0.3) is 0 Å². The van der Waals surface area contributed by atoms with Crippen molar-refractivity contribution < 1.29 is 20.1 Å². The van der Waals surface area contributed by atoms with Crippen LogP contribution in [0, 0.1) is 17.8 Å². The molecule has 4 nitrogen and oxygen atoms in total. The number of aromatic carboxylic acids is 1. The van der Waals surface area contributed by atoms with Crippen LogP contribution in [0.1, 0.15) is 72.8 Å². The fraction of sp³-hybridized carbons (Fsp3) is 0.640. The molecular weight excluding hydrogens is 432 g/mol. The third kappa shape index (κ3) is 6.44. The summed E-state index contributed by atoms with van der Waals surface area (Å²) in [5.74, 6) is -0.351. The molecule has 0 radical (unpaired) electrons. The van der Waals surface area contributed by atoms with E-state index in [-0.39, 0.29) is 23.1 Å². The van der Waals surface area contributed by atoms with Gasteiger partial charge in [0.25, 0.3) is 0 Å². The number of carboxylic acid groups (broad SMARTS) is 1. The van der Waals surface area contributed by atoms with Gasteiger partial charge in [0.1, 0.15) is 4.88 Å². The van der Waals surface area contributed by atoms with E-state index in [1.807, 2.05) is 12.1 Å². The molecule has 0 spiro atoms. The summed E-state index contributed by atoms with van der Waals surface area (Å²) < 4.78 is 0. The second kappa shape index (κ2) is 11.6. The van der Waals surface area contributed by atoms with Crippen molar-refractivity contribution in [1.82, 2.24) is 0 Å². The molecule has 1 aromatic rings. The maximum Gasteiger partial charge on any atom is 0.345 e.